The summed E-state index contributed by atoms with van der Waals surface area (Å²) >= 11 is 0. The molecule has 0 unspecified atom stereocenters. The van der Waals surface area contributed by atoms with Crippen LogP contribution in [0, 0.1) is 11.7 Å². The van der Waals surface area contributed by atoms with Crippen LogP contribution in [0.4, 0.5) is 14.9 Å². The molecule has 0 aliphatic carbocycles. The Morgan fingerprint density at radius 3 is 2.53 bits per heavy atom. The Bertz CT molecular complexity index is 465. The molecule has 0 fully saturated rings. The number of halogens is 1. The summed E-state index contributed by atoms with van der Waals surface area (Å²) in [6.45, 7) is 3.49. The van der Waals surface area contributed by atoms with Crippen molar-refractivity contribution in [3.8, 4) is 0 Å². The molecule has 0 spiro atoms. The van der Waals surface area contributed by atoms with E-state index in [4.69, 9.17) is 0 Å². The summed E-state index contributed by atoms with van der Waals surface area (Å²) in [4.78, 5) is 22.5. The summed E-state index contributed by atoms with van der Waals surface area (Å²) in [5, 5.41) is 15.4. The molecule has 0 saturated heterocycles. The number of carbonyl (C=O) groups excluding carboxylic acids is 2. The van der Waals surface area contributed by atoms with E-state index < -0.39 is 23.9 Å². The molecule has 6 heteroatoms. The quantitative estimate of drug-likeness (QED) is 0.838. The molecule has 19 heavy (non-hydrogen) atoms. The van der Waals surface area contributed by atoms with E-state index >= 15 is 0 Å². The smallest absolute Gasteiger partial charge is 0.319 e. The van der Waals surface area contributed by atoms with Crippen LogP contribution in [-0.2, 0) is 4.79 Å². The Morgan fingerprint density at radius 2 is 2.00 bits per heavy atom. The highest BCUT2D eigenvalue weighted by molar-refractivity contribution is 5.92. The maximum absolute atomic E-state index is 13.3. The third-order valence-corrected chi connectivity index (χ3v) is 2.88. The highest BCUT2D eigenvalue weighted by atomic mass is 19.1. The molecule has 2 N–H and O–H groups in total. The van der Waals surface area contributed by atoms with Crippen molar-refractivity contribution in [2.24, 2.45) is 5.92 Å². The van der Waals surface area contributed by atoms with Gasteiger partial charge in [0.15, 0.2) is 0 Å². The number of para-hydroxylation sites is 1. The highest BCUT2D eigenvalue weighted by Gasteiger charge is 2.19. The maximum Gasteiger partial charge on any atom is 0.319 e. The maximum atomic E-state index is 13.3. The molecule has 0 heterocycles. The number of carboxylic acid groups (broad SMARTS) is 1. The zero-order chi connectivity index (χ0) is 14.4. The first-order valence-electron chi connectivity index (χ1n) is 5.98. The van der Waals surface area contributed by atoms with Crippen LogP contribution in [0.25, 0.3) is 0 Å². The molecule has 5 nitrogen and oxygen atoms in total. The Labute approximate surface area is 110 Å². The predicted molar refractivity (Wildman–Crippen MR) is 66.8 cm³/mol. The van der Waals surface area contributed by atoms with Gasteiger partial charge in [0, 0.05) is 0 Å². The minimum absolute atomic E-state index is 0.0127. The monoisotopic (exact) mass is 267 g/mol. The van der Waals surface area contributed by atoms with Crippen LogP contribution >= 0.6 is 0 Å². The number of carboxylic acids is 1. The molecule has 0 radical (unpaired) electrons. The van der Waals surface area contributed by atoms with Gasteiger partial charge in [0.1, 0.15) is 5.82 Å². The fourth-order valence-corrected chi connectivity index (χ4v) is 1.53. The molecule has 0 aromatic heterocycles. The average molecular weight is 267 g/mol. The summed E-state index contributed by atoms with van der Waals surface area (Å²) in [5.74, 6) is -2.24. The van der Waals surface area contributed by atoms with Crippen LogP contribution in [0.15, 0.2) is 24.3 Å². The topological polar surface area (TPSA) is 81.3 Å². The largest absolute Gasteiger partial charge is 0.548 e. The Hall–Kier alpha value is -2.11. The van der Waals surface area contributed by atoms with E-state index in [0.29, 0.717) is 6.42 Å². The van der Waals surface area contributed by atoms with Gasteiger partial charge in [-0.05, 0) is 18.1 Å². The van der Waals surface area contributed by atoms with Crippen molar-refractivity contribution in [2.75, 3.05) is 5.32 Å². The Balaban J connectivity index is 2.68. The lowest BCUT2D eigenvalue weighted by atomic mass is 9.99. The average Bonchev–Trinajstić information content (AvgIpc) is 2.37. The molecule has 1 aromatic carbocycles. The van der Waals surface area contributed by atoms with Crippen molar-refractivity contribution in [1.29, 1.82) is 0 Å². The first-order valence-corrected chi connectivity index (χ1v) is 5.98. The lowest BCUT2D eigenvalue weighted by Crippen LogP contribution is -2.52. The number of urea groups is 1. The van der Waals surface area contributed by atoms with Crippen LogP contribution in [-0.4, -0.2) is 18.0 Å². The number of hydrogen-bond acceptors (Lipinski definition) is 3. The van der Waals surface area contributed by atoms with Gasteiger partial charge in [0.25, 0.3) is 0 Å². The number of rotatable bonds is 5. The fourth-order valence-electron chi connectivity index (χ4n) is 1.53. The fraction of sp³-hybridized carbons (Fsp3) is 0.385. The van der Waals surface area contributed by atoms with Crippen molar-refractivity contribution in [3.63, 3.8) is 0 Å². The molecule has 0 bridgehead atoms. The van der Waals surface area contributed by atoms with Gasteiger partial charge in [-0.2, -0.15) is 0 Å². The number of amides is 2. The van der Waals surface area contributed by atoms with E-state index in [9.17, 15) is 19.1 Å². The molecule has 2 atom stereocenters. The summed E-state index contributed by atoms with van der Waals surface area (Å²) in [6.07, 6.45) is 0.568. The first kappa shape index (κ1) is 14.9. The van der Waals surface area contributed by atoms with Crippen molar-refractivity contribution in [1.82, 2.24) is 5.32 Å². The van der Waals surface area contributed by atoms with Gasteiger partial charge in [-0.3, -0.25) is 0 Å². The molecule has 0 aliphatic rings. The number of nitrogens with one attached hydrogen (secondary N) is 2. The summed E-state index contributed by atoms with van der Waals surface area (Å²) in [7, 11) is 0. The number of benzene rings is 1. The standard InChI is InChI=1S/C13H17FN2O3/c1-3-8(2)11(12(17)18)16-13(19)15-10-7-5-4-6-9(10)14/h4-8,11H,3H2,1-2H3,(H,17,18)(H2,15,16,19)/p-1/t8-,11+/m1/s1. The second-order valence-corrected chi connectivity index (χ2v) is 4.26. The van der Waals surface area contributed by atoms with E-state index in [-0.39, 0.29) is 11.6 Å². The number of anilines is 1. The van der Waals surface area contributed by atoms with Gasteiger partial charge in [-0.15, -0.1) is 0 Å². The van der Waals surface area contributed by atoms with Crippen molar-refractivity contribution in [2.45, 2.75) is 26.3 Å². The second-order valence-electron chi connectivity index (χ2n) is 4.26. The van der Waals surface area contributed by atoms with Gasteiger partial charge < -0.3 is 20.5 Å². The van der Waals surface area contributed by atoms with Gasteiger partial charge in [-0.1, -0.05) is 32.4 Å². The van der Waals surface area contributed by atoms with Crippen LogP contribution in [0.2, 0.25) is 0 Å². The Kier molecular flexibility index (Phi) is 5.29. The molecule has 0 saturated carbocycles. The summed E-state index contributed by atoms with van der Waals surface area (Å²) in [6, 6.07) is 3.73. The third-order valence-electron chi connectivity index (χ3n) is 2.88. The van der Waals surface area contributed by atoms with Crippen LogP contribution < -0.4 is 15.7 Å². The SMILES string of the molecule is CC[C@@H](C)[C@H](NC(=O)Nc1ccccc1F)C(=O)[O-]. The van der Waals surface area contributed by atoms with Crippen molar-refractivity contribution < 1.29 is 19.1 Å². The predicted octanol–water partition coefficient (Wildman–Crippen LogP) is 1.11. The normalized spacial score (nSPS) is 13.4. The van der Waals surface area contributed by atoms with Gasteiger partial charge in [-0.25, -0.2) is 9.18 Å². The minimum atomic E-state index is -1.36. The number of carbonyl (C=O) groups is 2. The van der Waals surface area contributed by atoms with E-state index in [1.54, 1.807) is 19.9 Å². The summed E-state index contributed by atoms with van der Waals surface area (Å²) in [5.41, 5.74) is -0.0127. The lowest BCUT2D eigenvalue weighted by molar-refractivity contribution is -0.309. The lowest BCUT2D eigenvalue weighted by Gasteiger charge is -2.25. The van der Waals surface area contributed by atoms with Gasteiger partial charge >= 0.3 is 6.03 Å². The molecule has 104 valence electrons. The van der Waals surface area contributed by atoms with Gasteiger partial charge in [0.2, 0.25) is 0 Å². The van der Waals surface area contributed by atoms with Crippen molar-refractivity contribution >= 4 is 17.7 Å². The second kappa shape index (κ2) is 6.72. The van der Waals surface area contributed by atoms with E-state index in [1.165, 1.54) is 18.2 Å². The van der Waals surface area contributed by atoms with Gasteiger partial charge in [0.05, 0.1) is 17.7 Å². The van der Waals surface area contributed by atoms with E-state index in [1.807, 2.05) is 0 Å². The van der Waals surface area contributed by atoms with Crippen LogP contribution in [0.5, 0.6) is 0 Å². The summed E-state index contributed by atoms with van der Waals surface area (Å²) < 4.78 is 13.3. The molecular formula is C13H16FN2O3-. The molecule has 0 aliphatic heterocycles. The first-order chi connectivity index (χ1) is 8.95. The molecule has 1 rings (SSSR count). The number of aliphatic carboxylic acids is 1. The van der Waals surface area contributed by atoms with Crippen LogP contribution in [0.3, 0.4) is 0 Å². The highest BCUT2D eigenvalue weighted by Crippen LogP contribution is 2.12. The zero-order valence-electron chi connectivity index (χ0n) is 10.8. The molecule has 1 aromatic rings. The van der Waals surface area contributed by atoms with Crippen molar-refractivity contribution in [3.05, 3.63) is 30.1 Å². The molecule has 2 amide bonds. The minimum Gasteiger partial charge on any atom is -0.548 e. The molecular weight excluding hydrogens is 251 g/mol. The zero-order valence-corrected chi connectivity index (χ0v) is 10.8. The third kappa shape index (κ3) is 4.24. The van der Waals surface area contributed by atoms with E-state index in [2.05, 4.69) is 10.6 Å². The Morgan fingerprint density at radius 1 is 1.37 bits per heavy atom. The van der Waals surface area contributed by atoms with Crippen LogP contribution in [0.1, 0.15) is 20.3 Å². The number of hydrogen-bond donors (Lipinski definition) is 2. The van der Waals surface area contributed by atoms with E-state index in [0.717, 1.165) is 0 Å².